The second-order valence-corrected chi connectivity index (χ2v) is 4.25. The summed E-state index contributed by atoms with van der Waals surface area (Å²) in [4.78, 5) is 11.5. The van der Waals surface area contributed by atoms with Crippen LogP contribution in [0.25, 0.3) is 0 Å². The summed E-state index contributed by atoms with van der Waals surface area (Å²) in [6, 6.07) is -0.352. The summed E-state index contributed by atoms with van der Waals surface area (Å²) in [5.74, 6) is -0.256. The number of carbonyl (C=O) groups is 1. The highest BCUT2D eigenvalue weighted by Gasteiger charge is 2.30. The third-order valence-electron chi connectivity index (χ3n) is 2.57. The molecule has 2 atom stereocenters. The third kappa shape index (κ3) is 4.62. The summed E-state index contributed by atoms with van der Waals surface area (Å²) in [5, 5.41) is 12.6. The number of rotatable bonds is 6. The van der Waals surface area contributed by atoms with Gasteiger partial charge in [-0.05, 0) is 34.1 Å². The molecule has 2 N–H and O–H groups in total. The lowest BCUT2D eigenvalue weighted by Crippen LogP contribution is -2.55. The Balaban J connectivity index is 4.38. The molecule has 4 heteroatoms. The number of aliphatic hydroxyl groups is 1. The van der Waals surface area contributed by atoms with Crippen LogP contribution in [0.3, 0.4) is 0 Å². The largest absolute Gasteiger partial charge is 0.465 e. The first-order valence-corrected chi connectivity index (χ1v) is 5.47. The number of nitrogens with one attached hydrogen (secondary N) is 1. The fourth-order valence-electron chi connectivity index (χ4n) is 1.14. The van der Waals surface area contributed by atoms with Crippen molar-refractivity contribution in [1.29, 1.82) is 0 Å². The van der Waals surface area contributed by atoms with Crippen LogP contribution in [0, 0.1) is 0 Å². The monoisotopic (exact) mass is 217 g/mol. The molecule has 0 saturated heterocycles. The molecule has 0 saturated carbocycles. The van der Waals surface area contributed by atoms with Gasteiger partial charge in [0.25, 0.3) is 0 Å². The molecule has 0 spiro atoms. The molecule has 0 aromatic carbocycles. The first kappa shape index (κ1) is 14.4. The van der Waals surface area contributed by atoms with E-state index < -0.39 is 11.6 Å². The van der Waals surface area contributed by atoms with Gasteiger partial charge in [-0.3, -0.25) is 10.1 Å². The zero-order chi connectivity index (χ0) is 12.1. The maximum absolute atomic E-state index is 11.5. The standard InChI is InChI=1S/C11H23NO3/c1-6-9(10(14)15-7-2)12-11(4,5)8(3)13/h8-9,12-13H,6-7H2,1-5H3. The molecule has 0 aromatic heterocycles. The first-order chi connectivity index (χ1) is 6.85. The van der Waals surface area contributed by atoms with Gasteiger partial charge >= 0.3 is 5.97 Å². The van der Waals surface area contributed by atoms with Crippen molar-refractivity contribution in [3.8, 4) is 0 Å². The van der Waals surface area contributed by atoms with E-state index in [1.165, 1.54) is 0 Å². The lowest BCUT2D eigenvalue weighted by molar-refractivity contribution is -0.146. The van der Waals surface area contributed by atoms with Gasteiger partial charge in [-0.1, -0.05) is 6.92 Å². The Kier molecular flexibility index (Phi) is 5.83. The van der Waals surface area contributed by atoms with E-state index in [1.807, 2.05) is 20.8 Å². The van der Waals surface area contributed by atoms with Crippen molar-refractivity contribution < 1.29 is 14.6 Å². The molecule has 0 heterocycles. The average molecular weight is 217 g/mol. The zero-order valence-corrected chi connectivity index (χ0v) is 10.3. The van der Waals surface area contributed by atoms with Crippen LogP contribution >= 0.6 is 0 Å². The maximum atomic E-state index is 11.5. The Morgan fingerprint density at radius 2 is 2.00 bits per heavy atom. The number of carbonyl (C=O) groups excluding carboxylic acids is 1. The van der Waals surface area contributed by atoms with Gasteiger partial charge in [-0.15, -0.1) is 0 Å². The molecular weight excluding hydrogens is 194 g/mol. The van der Waals surface area contributed by atoms with Crippen LogP contribution in [0.4, 0.5) is 0 Å². The van der Waals surface area contributed by atoms with Gasteiger partial charge in [0.15, 0.2) is 0 Å². The second kappa shape index (κ2) is 6.08. The molecule has 0 amide bonds. The topological polar surface area (TPSA) is 58.6 Å². The van der Waals surface area contributed by atoms with E-state index in [-0.39, 0.29) is 12.0 Å². The van der Waals surface area contributed by atoms with Gasteiger partial charge in [-0.25, -0.2) is 0 Å². The Hall–Kier alpha value is -0.610. The highest BCUT2D eigenvalue weighted by molar-refractivity contribution is 5.75. The van der Waals surface area contributed by atoms with Crippen LogP contribution in [0.5, 0.6) is 0 Å². The predicted molar refractivity (Wildman–Crippen MR) is 59.6 cm³/mol. The van der Waals surface area contributed by atoms with Crippen LogP contribution in [-0.4, -0.2) is 35.4 Å². The lowest BCUT2D eigenvalue weighted by Gasteiger charge is -2.33. The van der Waals surface area contributed by atoms with Crippen molar-refractivity contribution >= 4 is 5.97 Å². The molecule has 0 aromatic rings. The summed E-state index contributed by atoms with van der Waals surface area (Å²) >= 11 is 0. The van der Waals surface area contributed by atoms with E-state index in [9.17, 15) is 9.90 Å². The van der Waals surface area contributed by atoms with E-state index >= 15 is 0 Å². The van der Waals surface area contributed by atoms with Gasteiger partial charge in [0.1, 0.15) is 6.04 Å². The highest BCUT2D eigenvalue weighted by atomic mass is 16.5. The molecule has 0 aliphatic carbocycles. The van der Waals surface area contributed by atoms with E-state index in [2.05, 4.69) is 5.32 Å². The minimum absolute atomic E-state index is 0.256. The van der Waals surface area contributed by atoms with Crippen molar-refractivity contribution in [2.45, 2.75) is 58.7 Å². The van der Waals surface area contributed by atoms with E-state index in [0.29, 0.717) is 13.0 Å². The van der Waals surface area contributed by atoms with E-state index in [1.54, 1.807) is 13.8 Å². The van der Waals surface area contributed by atoms with Crippen molar-refractivity contribution in [1.82, 2.24) is 5.32 Å². The minimum Gasteiger partial charge on any atom is -0.465 e. The smallest absolute Gasteiger partial charge is 0.323 e. The average Bonchev–Trinajstić information content (AvgIpc) is 2.14. The highest BCUT2D eigenvalue weighted by Crippen LogP contribution is 2.11. The first-order valence-electron chi connectivity index (χ1n) is 5.47. The van der Waals surface area contributed by atoms with Crippen molar-refractivity contribution in [2.24, 2.45) is 0 Å². The molecule has 0 rings (SSSR count). The summed E-state index contributed by atoms with van der Waals surface area (Å²) < 4.78 is 4.94. The van der Waals surface area contributed by atoms with Crippen LogP contribution in [0.15, 0.2) is 0 Å². The normalized spacial score (nSPS) is 15.9. The number of hydrogen-bond donors (Lipinski definition) is 2. The molecular formula is C11H23NO3. The maximum Gasteiger partial charge on any atom is 0.323 e. The Labute approximate surface area is 92.0 Å². The predicted octanol–water partition coefficient (Wildman–Crippen LogP) is 1.08. The van der Waals surface area contributed by atoms with Gasteiger partial charge in [0.05, 0.1) is 12.7 Å². The van der Waals surface area contributed by atoms with Gasteiger partial charge < -0.3 is 9.84 Å². The second-order valence-electron chi connectivity index (χ2n) is 4.25. The lowest BCUT2D eigenvalue weighted by atomic mass is 9.97. The molecule has 0 aliphatic rings. The Bertz CT molecular complexity index is 202. The van der Waals surface area contributed by atoms with E-state index in [0.717, 1.165) is 0 Å². The molecule has 90 valence electrons. The molecule has 4 nitrogen and oxygen atoms in total. The quantitative estimate of drug-likeness (QED) is 0.654. The number of esters is 1. The number of aliphatic hydroxyl groups excluding tert-OH is 1. The third-order valence-corrected chi connectivity index (χ3v) is 2.57. The SMILES string of the molecule is CCOC(=O)C(CC)NC(C)(C)C(C)O. The summed E-state index contributed by atoms with van der Waals surface area (Å²) in [6.45, 7) is 9.49. The van der Waals surface area contributed by atoms with Gasteiger partial charge in [0.2, 0.25) is 0 Å². The van der Waals surface area contributed by atoms with Crippen molar-refractivity contribution in [2.75, 3.05) is 6.61 Å². The number of hydrogen-bond acceptors (Lipinski definition) is 4. The number of ether oxygens (including phenoxy) is 1. The molecule has 2 unspecified atom stereocenters. The minimum atomic E-state index is -0.527. The van der Waals surface area contributed by atoms with E-state index in [4.69, 9.17) is 4.74 Å². The van der Waals surface area contributed by atoms with Crippen LogP contribution in [0.1, 0.15) is 41.0 Å². The van der Waals surface area contributed by atoms with Crippen LogP contribution in [-0.2, 0) is 9.53 Å². The molecule has 0 bridgehead atoms. The van der Waals surface area contributed by atoms with Crippen LogP contribution in [0.2, 0.25) is 0 Å². The summed E-state index contributed by atoms with van der Waals surface area (Å²) in [5.41, 5.74) is -0.493. The Morgan fingerprint density at radius 3 is 2.33 bits per heavy atom. The molecule has 0 aliphatic heterocycles. The van der Waals surface area contributed by atoms with Gasteiger partial charge in [-0.2, -0.15) is 0 Å². The fourth-order valence-corrected chi connectivity index (χ4v) is 1.14. The fraction of sp³-hybridized carbons (Fsp3) is 0.909. The van der Waals surface area contributed by atoms with Crippen LogP contribution < -0.4 is 5.32 Å². The molecule has 0 radical (unpaired) electrons. The van der Waals surface area contributed by atoms with Crippen molar-refractivity contribution in [3.05, 3.63) is 0 Å². The zero-order valence-electron chi connectivity index (χ0n) is 10.3. The summed E-state index contributed by atoms with van der Waals surface area (Å²) in [6.07, 6.45) is 0.121. The molecule has 15 heavy (non-hydrogen) atoms. The Morgan fingerprint density at radius 1 is 1.47 bits per heavy atom. The molecule has 0 fully saturated rings. The summed E-state index contributed by atoms with van der Waals surface area (Å²) in [7, 11) is 0. The van der Waals surface area contributed by atoms with Gasteiger partial charge in [0, 0.05) is 5.54 Å². The van der Waals surface area contributed by atoms with Crippen molar-refractivity contribution in [3.63, 3.8) is 0 Å².